The molecule has 1 aliphatic heterocycles. The monoisotopic (exact) mass is 209 g/mol. The van der Waals surface area contributed by atoms with Gasteiger partial charge >= 0.3 is 0 Å². The Morgan fingerprint density at radius 3 is 2.58 bits per heavy atom. The van der Waals surface area contributed by atoms with E-state index >= 15 is 0 Å². The quantitative estimate of drug-likeness (QED) is 0.560. The van der Waals surface area contributed by atoms with Crippen molar-refractivity contribution in [2.24, 2.45) is 5.92 Å². The first-order valence-electron chi connectivity index (χ1n) is 4.13. The first-order chi connectivity index (χ1) is 5.34. The van der Waals surface area contributed by atoms with Crippen molar-refractivity contribution in [3.63, 3.8) is 0 Å². The van der Waals surface area contributed by atoms with Crippen molar-refractivity contribution in [3.8, 4) is 0 Å². The zero-order valence-corrected chi connectivity index (χ0v) is 8.97. The molecule has 0 bridgehead atoms. The fourth-order valence-electron chi connectivity index (χ4n) is 1.23. The van der Waals surface area contributed by atoms with Crippen molar-refractivity contribution in [2.75, 3.05) is 18.1 Å². The van der Waals surface area contributed by atoms with E-state index in [1.807, 2.05) is 18.7 Å². The van der Waals surface area contributed by atoms with Crippen LogP contribution in [0, 0.1) is 11.3 Å². The van der Waals surface area contributed by atoms with Gasteiger partial charge in [-0.1, -0.05) is 0 Å². The maximum absolute atomic E-state index is 7.55. The second-order valence-corrected chi connectivity index (χ2v) is 3.91. The Balaban J connectivity index is 0.00000121. The second kappa shape index (κ2) is 6.61. The lowest BCUT2D eigenvalue weighted by molar-refractivity contribution is 0.292. The van der Waals surface area contributed by atoms with Crippen LogP contribution >= 0.6 is 24.2 Å². The standard InChI is InChI=1S/C8H15NOS.ClH/c1-2-10-8(9)7-3-5-11-6-4-7;/h7,9H,2-6H2,1H3;1H. The normalized spacial score (nSPS) is 18.1. The van der Waals surface area contributed by atoms with Gasteiger partial charge in [-0.3, -0.25) is 5.41 Å². The molecule has 0 spiro atoms. The van der Waals surface area contributed by atoms with Crippen molar-refractivity contribution in [2.45, 2.75) is 19.8 Å². The van der Waals surface area contributed by atoms with Gasteiger partial charge < -0.3 is 4.74 Å². The fourth-order valence-corrected chi connectivity index (χ4v) is 2.34. The van der Waals surface area contributed by atoms with Gasteiger partial charge in [-0.25, -0.2) is 0 Å². The molecular weight excluding hydrogens is 194 g/mol. The minimum Gasteiger partial charge on any atom is -0.481 e. The molecule has 1 saturated heterocycles. The highest BCUT2D eigenvalue weighted by atomic mass is 35.5. The third kappa shape index (κ3) is 3.68. The number of nitrogens with one attached hydrogen (secondary N) is 1. The number of hydrogen-bond donors (Lipinski definition) is 1. The van der Waals surface area contributed by atoms with E-state index in [4.69, 9.17) is 10.1 Å². The molecule has 0 aliphatic carbocycles. The number of halogens is 1. The molecule has 1 N–H and O–H groups in total. The minimum absolute atomic E-state index is 0. The van der Waals surface area contributed by atoms with Gasteiger partial charge in [0.25, 0.3) is 0 Å². The van der Waals surface area contributed by atoms with Gasteiger partial charge in [-0.05, 0) is 31.3 Å². The summed E-state index contributed by atoms with van der Waals surface area (Å²) < 4.78 is 5.16. The van der Waals surface area contributed by atoms with Crippen LogP contribution in [0.3, 0.4) is 0 Å². The Morgan fingerprint density at radius 1 is 1.50 bits per heavy atom. The van der Waals surface area contributed by atoms with Crippen LogP contribution in [0.5, 0.6) is 0 Å². The molecule has 0 aromatic carbocycles. The topological polar surface area (TPSA) is 33.1 Å². The van der Waals surface area contributed by atoms with Crippen LogP contribution in [0.25, 0.3) is 0 Å². The molecule has 0 saturated carbocycles. The second-order valence-electron chi connectivity index (χ2n) is 2.68. The van der Waals surface area contributed by atoms with Gasteiger partial charge in [-0.2, -0.15) is 11.8 Å². The Hall–Kier alpha value is 0.110. The van der Waals surface area contributed by atoms with Crippen molar-refractivity contribution in [1.29, 1.82) is 5.41 Å². The average molecular weight is 210 g/mol. The molecule has 0 atom stereocenters. The summed E-state index contributed by atoms with van der Waals surface area (Å²) in [6, 6.07) is 0. The molecule has 1 aliphatic rings. The third-order valence-corrected chi connectivity index (χ3v) is 2.94. The molecule has 1 fully saturated rings. The minimum atomic E-state index is 0. The van der Waals surface area contributed by atoms with Gasteiger partial charge in [0.05, 0.1) is 6.61 Å². The summed E-state index contributed by atoms with van der Waals surface area (Å²) in [5.41, 5.74) is 0. The predicted molar refractivity (Wildman–Crippen MR) is 56.6 cm³/mol. The van der Waals surface area contributed by atoms with E-state index in [2.05, 4.69) is 0 Å². The molecule has 0 unspecified atom stereocenters. The zero-order chi connectivity index (χ0) is 8.10. The molecule has 72 valence electrons. The largest absolute Gasteiger partial charge is 0.481 e. The number of thioether (sulfide) groups is 1. The molecule has 0 aromatic heterocycles. The van der Waals surface area contributed by atoms with Crippen LogP contribution in [0.15, 0.2) is 0 Å². The van der Waals surface area contributed by atoms with E-state index < -0.39 is 0 Å². The summed E-state index contributed by atoms with van der Waals surface area (Å²) in [6.07, 6.45) is 2.26. The maximum Gasteiger partial charge on any atom is 0.183 e. The van der Waals surface area contributed by atoms with Crippen LogP contribution in [0.2, 0.25) is 0 Å². The molecule has 1 rings (SSSR count). The van der Waals surface area contributed by atoms with E-state index in [1.54, 1.807) is 0 Å². The van der Waals surface area contributed by atoms with E-state index in [9.17, 15) is 0 Å². The van der Waals surface area contributed by atoms with Crippen LogP contribution < -0.4 is 0 Å². The van der Waals surface area contributed by atoms with Crippen LogP contribution in [-0.4, -0.2) is 24.0 Å². The van der Waals surface area contributed by atoms with Gasteiger partial charge in [0.15, 0.2) is 5.90 Å². The smallest absolute Gasteiger partial charge is 0.183 e. The van der Waals surface area contributed by atoms with E-state index in [0.717, 1.165) is 12.8 Å². The van der Waals surface area contributed by atoms with Crippen molar-refractivity contribution in [1.82, 2.24) is 0 Å². The number of rotatable bonds is 2. The van der Waals surface area contributed by atoms with E-state index in [1.165, 1.54) is 11.5 Å². The molecule has 4 heteroatoms. The van der Waals surface area contributed by atoms with Gasteiger partial charge in [0, 0.05) is 5.92 Å². The van der Waals surface area contributed by atoms with Crippen LogP contribution in [-0.2, 0) is 4.74 Å². The average Bonchev–Trinajstić information content (AvgIpc) is 2.07. The first kappa shape index (κ1) is 12.1. The molecule has 0 radical (unpaired) electrons. The Morgan fingerprint density at radius 2 is 2.08 bits per heavy atom. The van der Waals surface area contributed by atoms with E-state index in [0.29, 0.717) is 18.4 Å². The zero-order valence-electron chi connectivity index (χ0n) is 7.34. The van der Waals surface area contributed by atoms with Gasteiger partial charge in [0.1, 0.15) is 0 Å². The molecule has 12 heavy (non-hydrogen) atoms. The highest BCUT2D eigenvalue weighted by Crippen LogP contribution is 2.23. The Bertz CT molecular complexity index is 137. The predicted octanol–water partition coefficient (Wildman–Crippen LogP) is 2.57. The van der Waals surface area contributed by atoms with Crippen LogP contribution in [0.1, 0.15) is 19.8 Å². The third-order valence-electron chi connectivity index (χ3n) is 1.89. The highest BCUT2D eigenvalue weighted by Gasteiger charge is 2.18. The SMILES string of the molecule is CCOC(=N)C1CCSCC1.Cl. The summed E-state index contributed by atoms with van der Waals surface area (Å²) in [5, 5.41) is 7.55. The summed E-state index contributed by atoms with van der Waals surface area (Å²) >= 11 is 1.98. The molecule has 2 nitrogen and oxygen atoms in total. The first-order valence-corrected chi connectivity index (χ1v) is 5.29. The van der Waals surface area contributed by atoms with Crippen molar-refractivity contribution < 1.29 is 4.74 Å². The lowest BCUT2D eigenvalue weighted by Gasteiger charge is -2.21. The van der Waals surface area contributed by atoms with Gasteiger partial charge in [-0.15, -0.1) is 12.4 Å². The highest BCUT2D eigenvalue weighted by molar-refractivity contribution is 7.99. The number of hydrogen-bond acceptors (Lipinski definition) is 3. The maximum atomic E-state index is 7.55. The molecular formula is C8H16ClNOS. The Labute approximate surface area is 84.4 Å². The van der Waals surface area contributed by atoms with Crippen molar-refractivity contribution >= 4 is 30.1 Å². The summed E-state index contributed by atoms with van der Waals surface area (Å²) in [4.78, 5) is 0. The number of ether oxygens (including phenoxy) is 1. The lowest BCUT2D eigenvalue weighted by Crippen LogP contribution is -2.21. The van der Waals surface area contributed by atoms with Crippen LogP contribution in [0.4, 0.5) is 0 Å². The van der Waals surface area contributed by atoms with E-state index in [-0.39, 0.29) is 12.4 Å². The Kier molecular flexibility index (Phi) is 6.67. The molecule has 0 aromatic rings. The molecule has 1 heterocycles. The summed E-state index contributed by atoms with van der Waals surface area (Å²) in [6.45, 7) is 2.58. The summed E-state index contributed by atoms with van der Waals surface area (Å²) in [7, 11) is 0. The van der Waals surface area contributed by atoms with Gasteiger partial charge in [0.2, 0.25) is 0 Å². The summed E-state index contributed by atoms with van der Waals surface area (Å²) in [5.74, 6) is 3.31. The fraction of sp³-hybridized carbons (Fsp3) is 0.875. The lowest BCUT2D eigenvalue weighted by atomic mass is 10.0. The van der Waals surface area contributed by atoms with Crippen molar-refractivity contribution in [3.05, 3.63) is 0 Å². The molecule has 0 amide bonds.